The van der Waals surface area contributed by atoms with Gasteiger partial charge < -0.3 is 16.0 Å². The monoisotopic (exact) mass is 306 g/mol. The van der Waals surface area contributed by atoms with Gasteiger partial charge in [0.15, 0.2) is 5.13 Å². The van der Waals surface area contributed by atoms with Crippen molar-refractivity contribution in [2.24, 2.45) is 0 Å². The maximum absolute atomic E-state index is 12.1. The molecule has 2 rings (SSSR count). The number of nitrogens with two attached hydrogens (primary N) is 1. The Balaban J connectivity index is 1.87. The molecule has 0 spiro atoms. The fourth-order valence-corrected chi connectivity index (χ4v) is 3.00. The van der Waals surface area contributed by atoms with Crippen LogP contribution in [0.3, 0.4) is 0 Å². The second-order valence-corrected chi connectivity index (χ2v) is 5.93. The maximum Gasteiger partial charge on any atom is 0.251 e. The number of thiazole rings is 1. The van der Waals surface area contributed by atoms with Crippen LogP contribution in [0.1, 0.15) is 30.6 Å². The van der Waals surface area contributed by atoms with E-state index >= 15 is 0 Å². The summed E-state index contributed by atoms with van der Waals surface area (Å²) in [6.07, 6.45) is 0.961. The summed E-state index contributed by atoms with van der Waals surface area (Å²) in [6, 6.07) is 5.48. The molecule has 0 saturated carbocycles. The van der Waals surface area contributed by atoms with Crippen molar-refractivity contribution in [3.05, 3.63) is 23.8 Å². The molecule has 1 aromatic heterocycles. The predicted molar refractivity (Wildman–Crippen MR) is 88.8 cm³/mol. The van der Waals surface area contributed by atoms with Crippen molar-refractivity contribution in [3.8, 4) is 0 Å². The van der Waals surface area contributed by atoms with Crippen LogP contribution < -0.4 is 11.1 Å². The minimum absolute atomic E-state index is 0.0385. The quantitative estimate of drug-likeness (QED) is 0.770. The molecule has 0 aliphatic carbocycles. The summed E-state index contributed by atoms with van der Waals surface area (Å²) in [6.45, 7) is 8.11. The van der Waals surface area contributed by atoms with Crippen LogP contribution in [0.5, 0.6) is 0 Å². The van der Waals surface area contributed by atoms with Crippen LogP contribution in [0.15, 0.2) is 18.2 Å². The molecular weight excluding hydrogens is 284 g/mol. The van der Waals surface area contributed by atoms with Gasteiger partial charge in [0, 0.05) is 12.1 Å². The zero-order valence-corrected chi connectivity index (χ0v) is 13.4. The highest BCUT2D eigenvalue weighted by Gasteiger charge is 2.08. The third-order valence-electron chi connectivity index (χ3n) is 3.50. The first-order valence-corrected chi connectivity index (χ1v) is 8.12. The average molecular weight is 306 g/mol. The Kier molecular flexibility index (Phi) is 5.52. The van der Waals surface area contributed by atoms with Gasteiger partial charge >= 0.3 is 0 Å². The lowest BCUT2D eigenvalue weighted by atomic mass is 10.2. The molecule has 0 aliphatic heterocycles. The number of fused-ring (bicyclic) bond motifs is 1. The number of rotatable bonds is 7. The fraction of sp³-hybridized carbons (Fsp3) is 0.467. The molecule has 1 heterocycles. The Morgan fingerprint density at radius 1 is 1.38 bits per heavy atom. The van der Waals surface area contributed by atoms with Crippen molar-refractivity contribution < 1.29 is 4.79 Å². The fourth-order valence-electron chi connectivity index (χ4n) is 2.23. The average Bonchev–Trinajstić information content (AvgIpc) is 2.86. The minimum atomic E-state index is -0.0385. The van der Waals surface area contributed by atoms with E-state index in [1.165, 1.54) is 11.3 Å². The van der Waals surface area contributed by atoms with E-state index in [1.807, 2.05) is 12.1 Å². The van der Waals surface area contributed by atoms with E-state index in [0.29, 0.717) is 17.2 Å². The third kappa shape index (κ3) is 4.15. The first-order valence-electron chi connectivity index (χ1n) is 7.30. The van der Waals surface area contributed by atoms with Gasteiger partial charge in [-0.05, 0) is 44.3 Å². The Hall–Kier alpha value is -1.66. The Morgan fingerprint density at radius 3 is 2.86 bits per heavy atom. The summed E-state index contributed by atoms with van der Waals surface area (Å²) in [5.41, 5.74) is 7.18. The van der Waals surface area contributed by atoms with Crippen LogP contribution in [0, 0.1) is 0 Å². The van der Waals surface area contributed by atoms with Crippen LogP contribution in [0.4, 0.5) is 5.13 Å². The molecule has 114 valence electrons. The van der Waals surface area contributed by atoms with Crippen molar-refractivity contribution in [2.75, 3.05) is 31.9 Å². The normalized spacial score (nSPS) is 11.2. The number of hydrogen-bond acceptors (Lipinski definition) is 5. The van der Waals surface area contributed by atoms with E-state index in [4.69, 9.17) is 5.73 Å². The van der Waals surface area contributed by atoms with Crippen LogP contribution in [-0.4, -0.2) is 42.0 Å². The van der Waals surface area contributed by atoms with Crippen molar-refractivity contribution >= 4 is 32.6 Å². The number of benzene rings is 1. The number of aromatic nitrogens is 1. The Labute approximate surface area is 129 Å². The largest absolute Gasteiger partial charge is 0.375 e. The van der Waals surface area contributed by atoms with Crippen LogP contribution in [-0.2, 0) is 0 Å². The van der Waals surface area contributed by atoms with Crippen LogP contribution >= 0.6 is 11.3 Å². The highest BCUT2D eigenvalue weighted by molar-refractivity contribution is 7.22. The van der Waals surface area contributed by atoms with Gasteiger partial charge in [-0.25, -0.2) is 4.98 Å². The molecule has 3 N–H and O–H groups in total. The molecule has 0 unspecified atom stereocenters. The van der Waals surface area contributed by atoms with Crippen molar-refractivity contribution in [1.29, 1.82) is 0 Å². The molecule has 6 heteroatoms. The van der Waals surface area contributed by atoms with Gasteiger partial charge in [0.1, 0.15) is 0 Å². The number of nitrogens with one attached hydrogen (secondary N) is 1. The van der Waals surface area contributed by atoms with E-state index in [-0.39, 0.29) is 5.91 Å². The highest BCUT2D eigenvalue weighted by Crippen LogP contribution is 2.24. The molecule has 2 aromatic rings. The van der Waals surface area contributed by atoms with E-state index in [9.17, 15) is 4.79 Å². The zero-order chi connectivity index (χ0) is 15.2. The smallest absolute Gasteiger partial charge is 0.251 e. The minimum Gasteiger partial charge on any atom is -0.375 e. The number of nitrogen functional groups attached to an aromatic ring is 1. The van der Waals surface area contributed by atoms with Gasteiger partial charge in [0.05, 0.1) is 10.2 Å². The first kappa shape index (κ1) is 15.7. The molecule has 0 atom stereocenters. The SMILES string of the molecule is CCN(CC)CCCNC(=O)c1ccc2nc(N)sc2c1. The second kappa shape index (κ2) is 7.38. The number of carbonyl (C=O) groups is 1. The third-order valence-corrected chi connectivity index (χ3v) is 4.35. The van der Waals surface area contributed by atoms with Crippen molar-refractivity contribution in [2.45, 2.75) is 20.3 Å². The lowest BCUT2D eigenvalue weighted by Gasteiger charge is -2.17. The van der Waals surface area contributed by atoms with E-state index in [1.54, 1.807) is 6.07 Å². The molecule has 0 bridgehead atoms. The van der Waals surface area contributed by atoms with E-state index in [2.05, 4.69) is 29.0 Å². The molecular formula is C15H22N4OS. The summed E-state index contributed by atoms with van der Waals surface area (Å²) >= 11 is 1.40. The topological polar surface area (TPSA) is 71.2 Å². The number of nitrogens with zero attached hydrogens (tertiary/aromatic N) is 2. The van der Waals surface area contributed by atoms with Crippen LogP contribution in [0.25, 0.3) is 10.2 Å². The Bertz CT molecular complexity index is 607. The number of anilines is 1. The van der Waals surface area contributed by atoms with Gasteiger partial charge in [-0.2, -0.15) is 0 Å². The summed E-state index contributed by atoms with van der Waals surface area (Å²) in [4.78, 5) is 18.6. The standard InChI is InChI=1S/C15H22N4OS/c1-3-19(4-2)9-5-8-17-14(20)11-6-7-12-13(10-11)21-15(16)18-12/h6-7,10H,3-5,8-9H2,1-2H3,(H2,16,18)(H,17,20). The molecule has 0 fully saturated rings. The molecule has 0 saturated heterocycles. The highest BCUT2D eigenvalue weighted by atomic mass is 32.1. The summed E-state index contributed by atoms with van der Waals surface area (Å²) in [7, 11) is 0. The molecule has 1 amide bonds. The van der Waals surface area contributed by atoms with Gasteiger partial charge in [-0.3, -0.25) is 4.79 Å². The summed E-state index contributed by atoms with van der Waals surface area (Å²) < 4.78 is 0.947. The summed E-state index contributed by atoms with van der Waals surface area (Å²) in [5.74, 6) is -0.0385. The predicted octanol–water partition coefficient (Wildman–Crippen LogP) is 2.34. The number of carbonyl (C=O) groups excluding carboxylic acids is 1. The molecule has 0 radical (unpaired) electrons. The van der Waals surface area contributed by atoms with Gasteiger partial charge in [0.25, 0.3) is 5.91 Å². The zero-order valence-electron chi connectivity index (χ0n) is 12.6. The van der Waals surface area contributed by atoms with Crippen molar-refractivity contribution in [3.63, 3.8) is 0 Å². The Morgan fingerprint density at radius 2 is 2.14 bits per heavy atom. The molecule has 5 nitrogen and oxygen atoms in total. The van der Waals surface area contributed by atoms with E-state index in [0.717, 1.165) is 36.3 Å². The lowest BCUT2D eigenvalue weighted by molar-refractivity contribution is 0.0952. The van der Waals surface area contributed by atoms with E-state index < -0.39 is 0 Å². The second-order valence-electron chi connectivity index (χ2n) is 4.87. The molecule has 1 aromatic carbocycles. The van der Waals surface area contributed by atoms with Crippen molar-refractivity contribution in [1.82, 2.24) is 15.2 Å². The maximum atomic E-state index is 12.1. The van der Waals surface area contributed by atoms with Crippen LogP contribution in [0.2, 0.25) is 0 Å². The van der Waals surface area contributed by atoms with Gasteiger partial charge in [-0.15, -0.1) is 0 Å². The molecule has 21 heavy (non-hydrogen) atoms. The number of amides is 1. The molecule has 0 aliphatic rings. The van der Waals surface area contributed by atoms with Gasteiger partial charge in [-0.1, -0.05) is 25.2 Å². The lowest BCUT2D eigenvalue weighted by Crippen LogP contribution is -2.29. The number of hydrogen-bond donors (Lipinski definition) is 2. The van der Waals surface area contributed by atoms with Gasteiger partial charge in [0.2, 0.25) is 0 Å². The first-order chi connectivity index (χ1) is 10.1. The summed E-state index contributed by atoms with van der Waals surface area (Å²) in [5, 5.41) is 3.49.